The zero-order valence-electron chi connectivity index (χ0n) is 11.8. The van der Waals surface area contributed by atoms with E-state index >= 15 is 0 Å². The first kappa shape index (κ1) is 17.0. The highest BCUT2D eigenvalue weighted by Gasteiger charge is 2.13. The van der Waals surface area contributed by atoms with E-state index in [1.54, 1.807) is 7.11 Å². The summed E-state index contributed by atoms with van der Waals surface area (Å²) in [6.45, 7) is 4.91. The summed E-state index contributed by atoms with van der Waals surface area (Å²) in [6, 6.07) is 8.55. The minimum absolute atomic E-state index is 0.562. The fourth-order valence-electron chi connectivity index (χ4n) is 1.99. The fourth-order valence-corrected chi connectivity index (χ4v) is 3.34. The predicted octanol–water partition coefficient (Wildman–Crippen LogP) is 3.91. The van der Waals surface area contributed by atoms with Crippen LogP contribution in [0.15, 0.2) is 28.7 Å². The van der Waals surface area contributed by atoms with Gasteiger partial charge in [-0.05, 0) is 35.5 Å². The molecule has 1 rings (SSSR count). The van der Waals surface area contributed by atoms with Crippen LogP contribution in [0.3, 0.4) is 0 Å². The van der Waals surface area contributed by atoms with Gasteiger partial charge < -0.3 is 10.1 Å². The molecule has 1 unspecified atom stereocenters. The van der Waals surface area contributed by atoms with Crippen molar-refractivity contribution in [3.63, 3.8) is 0 Å². The second-order valence-corrected chi connectivity index (χ2v) is 6.65. The molecule has 0 radical (unpaired) electrons. The zero-order valence-corrected chi connectivity index (χ0v) is 14.2. The third-order valence-electron chi connectivity index (χ3n) is 3.03. The highest BCUT2D eigenvalue weighted by Crippen LogP contribution is 2.28. The lowest BCUT2D eigenvalue weighted by Crippen LogP contribution is -2.25. The SMILES string of the molecule is CCSCCC(CNCCOC)c1ccccc1Br. The van der Waals surface area contributed by atoms with E-state index in [4.69, 9.17) is 4.74 Å². The van der Waals surface area contributed by atoms with Gasteiger partial charge in [0.25, 0.3) is 0 Å². The van der Waals surface area contributed by atoms with Gasteiger partial charge in [0.05, 0.1) is 6.61 Å². The van der Waals surface area contributed by atoms with Crippen LogP contribution in [0.1, 0.15) is 24.8 Å². The van der Waals surface area contributed by atoms with Crippen LogP contribution in [0, 0.1) is 0 Å². The Bertz CT molecular complexity index is 349. The molecule has 1 atom stereocenters. The zero-order chi connectivity index (χ0) is 13.9. The fraction of sp³-hybridized carbons (Fsp3) is 0.600. The first-order valence-corrected chi connectivity index (χ1v) is 8.76. The van der Waals surface area contributed by atoms with Gasteiger partial charge in [0, 0.05) is 24.7 Å². The summed E-state index contributed by atoms with van der Waals surface area (Å²) in [4.78, 5) is 0. The van der Waals surface area contributed by atoms with Crippen LogP contribution in [0.25, 0.3) is 0 Å². The molecule has 19 heavy (non-hydrogen) atoms. The van der Waals surface area contributed by atoms with Crippen molar-refractivity contribution < 1.29 is 4.74 Å². The molecule has 0 saturated carbocycles. The maximum atomic E-state index is 5.08. The van der Waals surface area contributed by atoms with Crippen molar-refractivity contribution in [2.45, 2.75) is 19.3 Å². The summed E-state index contributed by atoms with van der Waals surface area (Å²) in [6.07, 6.45) is 1.21. The summed E-state index contributed by atoms with van der Waals surface area (Å²) in [7, 11) is 1.74. The average Bonchev–Trinajstić information content (AvgIpc) is 2.42. The quantitative estimate of drug-likeness (QED) is 0.649. The molecular formula is C15H24BrNOS. The van der Waals surface area contributed by atoms with Crippen LogP contribution < -0.4 is 5.32 Å². The van der Waals surface area contributed by atoms with Crippen LogP contribution in [-0.4, -0.2) is 38.3 Å². The molecule has 0 fully saturated rings. The Morgan fingerprint density at radius 1 is 1.37 bits per heavy atom. The number of nitrogens with one attached hydrogen (secondary N) is 1. The molecule has 0 saturated heterocycles. The Hall–Kier alpha value is -0.0300. The van der Waals surface area contributed by atoms with Gasteiger partial charge in [-0.1, -0.05) is 41.1 Å². The summed E-state index contributed by atoms with van der Waals surface area (Å²) < 4.78 is 6.29. The van der Waals surface area contributed by atoms with Gasteiger partial charge in [0.1, 0.15) is 0 Å². The molecule has 0 heterocycles. The van der Waals surface area contributed by atoms with Crippen molar-refractivity contribution in [3.05, 3.63) is 34.3 Å². The maximum Gasteiger partial charge on any atom is 0.0587 e. The highest BCUT2D eigenvalue weighted by molar-refractivity contribution is 9.10. The number of hydrogen-bond donors (Lipinski definition) is 1. The molecule has 0 aromatic heterocycles. The molecule has 0 aliphatic heterocycles. The Balaban J connectivity index is 2.55. The Labute approximate surface area is 129 Å². The summed E-state index contributed by atoms with van der Waals surface area (Å²) in [5.74, 6) is 2.97. The van der Waals surface area contributed by atoms with Gasteiger partial charge >= 0.3 is 0 Å². The monoisotopic (exact) mass is 345 g/mol. The van der Waals surface area contributed by atoms with Crippen LogP contribution in [0.2, 0.25) is 0 Å². The van der Waals surface area contributed by atoms with Gasteiger partial charge in [-0.25, -0.2) is 0 Å². The van der Waals surface area contributed by atoms with E-state index < -0.39 is 0 Å². The maximum absolute atomic E-state index is 5.08. The molecule has 1 aromatic carbocycles. The van der Waals surface area contributed by atoms with E-state index in [0.29, 0.717) is 5.92 Å². The largest absolute Gasteiger partial charge is 0.383 e. The third kappa shape index (κ3) is 6.80. The number of ether oxygens (including phenoxy) is 1. The molecule has 108 valence electrons. The number of thioether (sulfide) groups is 1. The second kappa shape index (κ2) is 10.7. The molecule has 0 aliphatic carbocycles. The van der Waals surface area contributed by atoms with Gasteiger partial charge in [0.2, 0.25) is 0 Å². The van der Waals surface area contributed by atoms with Crippen molar-refractivity contribution >= 4 is 27.7 Å². The first-order chi connectivity index (χ1) is 9.29. The van der Waals surface area contributed by atoms with Crippen molar-refractivity contribution in [3.8, 4) is 0 Å². The lowest BCUT2D eigenvalue weighted by molar-refractivity contribution is 0.199. The van der Waals surface area contributed by atoms with E-state index in [9.17, 15) is 0 Å². The molecule has 0 bridgehead atoms. The van der Waals surface area contributed by atoms with Gasteiger partial charge in [-0.2, -0.15) is 11.8 Å². The summed E-state index contributed by atoms with van der Waals surface area (Å²) >= 11 is 5.68. The Morgan fingerprint density at radius 3 is 2.84 bits per heavy atom. The molecule has 1 aromatic rings. The lowest BCUT2D eigenvalue weighted by Gasteiger charge is -2.19. The number of rotatable bonds is 10. The minimum Gasteiger partial charge on any atom is -0.383 e. The van der Waals surface area contributed by atoms with Gasteiger partial charge in [-0.15, -0.1) is 0 Å². The normalized spacial score (nSPS) is 12.6. The van der Waals surface area contributed by atoms with Gasteiger partial charge in [-0.3, -0.25) is 0 Å². The molecular weight excluding hydrogens is 322 g/mol. The number of halogens is 1. The highest BCUT2D eigenvalue weighted by atomic mass is 79.9. The summed E-state index contributed by atoms with van der Waals surface area (Å²) in [5.41, 5.74) is 1.41. The number of hydrogen-bond acceptors (Lipinski definition) is 3. The van der Waals surface area contributed by atoms with Crippen molar-refractivity contribution in [1.29, 1.82) is 0 Å². The van der Waals surface area contributed by atoms with E-state index in [1.165, 1.54) is 28.0 Å². The van der Waals surface area contributed by atoms with Crippen LogP contribution in [0.5, 0.6) is 0 Å². The molecule has 2 nitrogen and oxygen atoms in total. The summed E-state index contributed by atoms with van der Waals surface area (Å²) in [5, 5.41) is 3.48. The van der Waals surface area contributed by atoms with Crippen LogP contribution in [-0.2, 0) is 4.74 Å². The van der Waals surface area contributed by atoms with E-state index in [-0.39, 0.29) is 0 Å². The average molecular weight is 346 g/mol. The van der Waals surface area contributed by atoms with E-state index in [0.717, 1.165) is 19.7 Å². The molecule has 0 amide bonds. The molecule has 0 spiro atoms. The van der Waals surface area contributed by atoms with E-state index in [2.05, 4.69) is 52.4 Å². The molecule has 4 heteroatoms. The van der Waals surface area contributed by atoms with Crippen molar-refractivity contribution in [2.24, 2.45) is 0 Å². The van der Waals surface area contributed by atoms with Crippen molar-refractivity contribution in [1.82, 2.24) is 5.32 Å². The molecule has 0 aliphatic rings. The Kier molecular flexibility index (Phi) is 9.61. The van der Waals surface area contributed by atoms with Crippen LogP contribution >= 0.6 is 27.7 Å². The standard InChI is InChI=1S/C15H24BrNOS/c1-3-19-11-8-13(12-17-9-10-18-2)14-6-4-5-7-15(14)16/h4-7,13,17H,3,8-12H2,1-2H3. The molecule has 1 N–H and O–H groups in total. The second-order valence-electron chi connectivity index (χ2n) is 4.40. The third-order valence-corrected chi connectivity index (χ3v) is 4.69. The van der Waals surface area contributed by atoms with Crippen molar-refractivity contribution in [2.75, 3.05) is 38.3 Å². The topological polar surface area (TPSA) is 21.3 Å². The smallest absolute Gasteiger partial charge is 0.0587 e. The number of benzene rings is 1. The first-order valence-electron chi connectivity index (χ1n) is 6.81. The van der Waals surface area contributed by atoms with Crippen LogP contribution in [0.4, 0.5) is 0 Å². The lowest BCUT2D eigenvalue weighted by atomic mass is 9.96. The Morgan fingerprint density at radius 2 is 2.16 bits per heavy atom. The predicted molar refractivity (Wildman–Crippen MR) is 89.2 cm³/mol. The minimum atomic E-state index is 0.562. The van der Waals surface area contributed by atoms with E-state index in [1.807, 2.05) is 11.8 Å². The number of methoxy groups -OCH3 is 1. The van der Waals surface area contributed by atoms with Gasteiger partial charge in [0.15, 0.2) is 0 Å².